The Hall–Kier alpha value is -2.25. The Bertz CT molecular complexity index is 993. The maximum Gasteiger partial charge on any atom is 0.337 e. The van der Waals surface area contributed by atoms with Gasteiger partial charge in [0.2, 0.25) is 5.88 Å². The number of benzene rings is 1. The summed E-state index contributed by atoms with van der Waals surface area (Å²) in [6, 6.07) is 9.71. The first-order chi connectivity index (χ1) is 15.6. The lowest BCUT2D eigenvalue weighted by Gasteiger charge is -2.17. The molecular formula is C25H28BrFN2O3. The number of alkyl halides is 1. The summed E-state index contributed by atoms with van der Waals surface area (Å²) < 4.78 is 24.5. The van der Waals surface area contributed by atoms with E-state index in [1.54, 1.807) is 0 Å². The monoisotopic (exact) mass is 502 g/mol. The van der Waals surface area contributed by atoms with E-state index in [-0.39, 0.29) is 18.7 Å². The fraction of sp³-hybridized carbons (Fsp3) is 0.440. The van der Waals surface area contributed by atoms with Gasteiger partial charge < -0.3 is 9.47 Å². The maximum absolute atomic E-state index is 12.4. The van der Waals surface area contributed by atoms with Gasteiger partial charge in [0, 0.05) is 47.5 Å². The lowest BCUT2D eigenvalue weighted by Crippen LogP contribution is -2.26. The molecule has 32 heavy (non-hydrogen) atoms. The number of hydrogen-bond acceptors (Lipinski definition) is 5. The van der Waals surface area contributed by atoms with E-state index in [1.165, 1.54) is 7.11 Å². The van der Waals surface area contributed by atoms with Crippen molar-refractivity contribution in [2.75, 3.05) is 33.4 Å². The largest absolute Gasteiger partial charge is 0.473 e. The number of allylic oxidation sites excluding steroid dienone is 1. The molecule has 1 aliphatic heterocycles. The molecule has 7 heteroatoms. The fourth-order valence-corrected chi connectivity index (χ4v) is 5.18. The molecule has 1 fully saturated rings. The number of methoxy groups -OCH3 is 1. The molecule has 0 spiro atoms. The third-order valence-corrected chi connectivity index (χ3v) is 6.85. The van der Waals surface area contributed by atoms with Crippen LogP contribution in [0.2, 0.25) is 0 Å². The predicted molar refractivity (Wildman–Crippen MR) is 126 cm³/mol. The average molecular weight is 503 g/mol. The molecule has 1 aliphatic carbocycles. The Kier molecular flexibility index (Phi) is 7.58. The molecular weight excluding hydrogens is 475 g/mol. The molecule has 0 bridgehead atoms. The van der Waals surface area contributed by atoms with Gasteiger partial charge in [0.05, 0.1) is 19.3 Å². The van der Waals surface area contributed by atoms with Crippen LogP contribution in [0.3, 0.4) is 0 Å². The first kappa shape index (κ1) is 22.9. The highest BCUT2D eigenvalue weighted by molar-refractivity contribution is 9.11. The van der Waals surface area contributed by atoms with Crippen molar-refractivity contribution in [3.8, 4) is 5.88 Å². The molecule has 0 saturated carbocycles. The molecule has 1 aromatic carbocycles. The number of nitrogens with zero attached hydrogens (tertiary/aromatic N) is 2. The Morgan fingerprint density at radius 3 is 2.91 bits per heavy atom. The highest BCUT2D eigenvalue weighted by atomic mass is 79.9. The number of halogens is 2. The Balaban J connectivity index is 1.52. The van der Waals surface area contributed by atoms with Gasteiger partial charge in [-0.15, -0.1) is 0 Å². The van der Waals surface area contributed by atoms with Crippen LogP contribution in [0.15, 0.2) is 41.0 Å². The molecule has 0 unspecified atom stereocenters. The molecule has 1 atom stereocenters. The third kappa shape index (κ3) is 5.21. The molecule has 4 rings (SSSR count). The summed E-state index contributed by atoms with van der Waals surface area (Å²) in [7, 11) is 1.40. The van der Waals surface area contributed by atoms with E-state index >= 15 is 0 Å². The van der Waals surface area contributed by atoms with Gasteiger partial charge in [-0.3, -0.25) is 9.29 Å². The minimum absolute atomic E-state index is 0.0919. The molecule has 1 saturated heterocycles. The van der Waals surface area contributed by atoms with Gasteiger partial charge in [-0.25, -0.2) is 9.78 Å². The molecule has 5 nitrogen and oxygen atoms in total. The van der Waals surface area contributed by atoms with E-state index in [2.05, 4.69) is 25.8 Å². The second-order valence-corrected chi connectivity index (χ2v) is 9.21. The van der Waals surface area contributed by atoms with Crippen molar-refractivity contribution in [1.29, 1.82) is 0 Å². The number of pyridine rings is 1. The molecule has 2 heterocycles. The normalized spacial score (nSPS) is 18.9. The summed E-state index contributed by atoms with van der Waals surface area (Å²) in [4.78, 5) is 18.8. The van der Waals surface area contributed by atoms with Gasteiger partial charge >= 0.3 is 5.97 Å². The number of ether oxygens (including phenoxy) is 2. The predicted octanol–water partition coefficient (Wildman–Crippen LogP) is 5.17. The van der Waals surface area contributed by atoms with Crippen LogP contribution in [0.1, 0.15) is 52.7 Å². The van der Waals surface area contributed by atoms with Crippen LogP contribution in [0.5, 0.6) is 5.88 Å². The lowest BCUT2D eigenvalue weighted by molar-refractivity contribution is 0.0600. The molecule has 0 N–H and O–H groups in total. The molecule has 2 aliphatic rings. The van der Waals surface area contributed by atoms with E-state index in [9.17, 15) is 9.18 Å². The summed E-state index contributed by atoms with van der Waals surface area (Å²) in [5.41, 5.74) is 4.93. The molecule has 0 radical (unpaired) electrons. The van der Waals surface area contributed by atoms with Crippen LogP contribution in [-0.2, 0) is 11.2 Å². The number of fused-ring (bicyclic) bond motifs is 1. The first-order valence-corrected chi connectivity index (χ1v) is 11.9. The van der Waals surface area contributed by atoms with Gasteiger partial charge in [-0.05, 0) is 61.4 Å². The minimum Gasteiger partial charge on any atom is -0.473 e. The van der Waals surface area contributed by atoms with Crippen LogP contribution in [0, 0.1) is 0 Å². The Morgan fingerprint density at radius 2 is 2.16 bits per heavy atom. The zero-order valence-corrected chi connectivity index (χ0v) is 19.9. The number of rotatable bonds is 7. The van der Waals surface area contributed by atoms with Crippen LogP contribution in [0.25, 0.3) is 5.57 Å². The minimum atomic E-state index is -0.319. The smallest absolute Gasteiger partial charge is 0.337 e. The van der Waals surface area contributed by atoms with Crippen molar-refractivity contribution < 1.29 is 18.7 Å². The number of hydrogen-bond donors (Lipinski definition) is 0. The third-order valence-electron chi connectivity index (χ3n) is 6.06. The van der Waals surface area contributed by atoms with Crippen molar-refractivity contribution >= 4 is 27.5 Å². The quantitative estimate of drug-likeness (QED) is 0.488. The zero-order chi connectivity index (χ0) is 22.5. The van der Waals surface area contributed by atoms with Gasteiger partial charge in [0.15, 0.2) is 0 Å². The SMILES string of the molecule is COC(=O)c1ccc2c(c1)CCCC(Br)=C2c1ccc(O[C@H]2CCN(CCCF)C2)nc1. The molecule has 2 aromatic rings. The first-order valence-electron chi connectivity index (χ1n) is 11.1. The van der Waals surface area contributed by atoms with E-state index in [0.29, 0.717) is 17.9 Å². The highest BCUT2D eigenvalue weighted by Gasteiger charge is 2.24. The summed E-state index contributed by atoms with van der Waals surface area (Å²) in [5, 5.41) is 0. The van der Waals surface area contributed by atoms with Crippen LogP contribution in [0.4, 0.5) is 4.39 Å². The van der Waals surface area contributed by atoms with Crippen molar-refractivity contribution in [1.82, 2.24) is 9.88 Å². The number of likely N-dealkylation sites (tertiary alicyclic amines) is 1. The summed E-state index contributed by atoms with van der Waals surface area (Å²) in [6.45, 7) is 2.26. The van der Waals surface area contributed by atoms with E-state index in [0.717, 1.165) is 72.1 Å². The average Bonchev–Trinajstić information content (AvgIpc) is 3.19. The number of carbonyl (C=O) groups excluding carboxylic acids is 1. The number of aromatic nitrogens is 1. The van der Waals surface area contributed by atoms with Crippen LogP contribution >= 0.6 is 15.9 Å². The topological polar surface area (TPSA) is 51.7 Å². The summed E-state index contributed by atoms with van der Waals surface area (Å²) >= 11 is 3.79. The highest BCUT2D eigenvalue weighted by Crippen LogP contribution is 2.38. The number of aryl methyl sites for hydroxylation is 1. The second-order valence-electron chi connectivity index (χ2n) is 8.25. The van der Waals surface area contributed by atoms with Crippen LogP contribution < -0.4 is 4.74 Å². The Morgan fingerprint density at radius 1 is 1.28 bits per heavy atom. The van der Waals surface area contributed by atoms with E-state index in [1.807, 2.05) is 36.5 Å². The van der Waals surface area contributed by atoms with Crippen LogP contribution in [-0.4, -0.2) is 55.4 Å². The van der Waals surface area contributed by atoms with Gasteiger partial charge in [-0.1, -0.05) is 22.0 Å². The standard InChI is InChI=1S/C25H28BrFN2O3/c1-31-25(30)18-6-8-21-17(14-18)4-2-5-22(26)24(21)19-7-9-23(28-15-19)32-20-10-13-29(16-20)12-3-11-27/h6-9,14-15,20H,2-5,10-13,16H2,1H3/t20-/m0/s1. The maximum atomic E-state index is 12.4. The van der Waals surface area contributed by atoms with Crippen molar-refractivity contribution in [3.63, 3.8) is 0 Å². The molecule has 1 aromatic heterocycles. The van der Waals surface area contributed by atoms with E-state index in [4.69, 9.17) is 9.47 Å². The molecule has 170 valence electrons. The van der Waals surface area contributed by atoms with Gasteiger partial charge in [-0.2, -0.15) is 0 Å². The van der Waals surface area contributed by atoms with Gasteiger partial charge in [0.1, 0.15) is 6.10 Å². The number of esters is 1. The van der Waals surface area contributed by atoms with Gasteiger partial charge in [0.25, 0.3) is 0 Å². The fourth-order valence-electron chi connectivity index (χ4n) is 4.45. The summed E-state index contributed by atoms with van der Waals surface area (Å²) in [6.07, 6.45) is 6.27. The second kappa shape index (κ2) is 10.6. The van der Waals surface area contributed by atoms with Crippen molar-refractivity contribution in [3.05, 3.63) is 63.3 Å². The molecule has 0 amide bonds. The van der Waals surface area contributed by atoms with Crippen molar-refractivity contribution in [2.45, 2.75) is 38.2 Å². The van der Waals surface area contributed by atoms with Crippen molar-refractivity contribution in [2.24, 2.45) is 0 Å². The number of carbonyl (C=O) groups is 1. The summed E-state index contributed by atoms with van der Waals surface area (Å²) in [5.74, 6) is 0.290. The van der Waals surface area contributed by atoms with E-state index < -0.39 is 0 Å². The zero-order valence-electron chi connectivity index (χ0n) is 18.3. The Labute approximate surface area is 196 Å². The lowest BCUT2D eigenvalue weighted by atomic mass is 9.93.